The average Bonchev–Trinajstić information content (AvgIpc) is 2.43. The molecule has 0 saturated carbocycles. The van der Waals surface area contributed by atoms with E-state index in [4.69, 9.17) is 0 Å². The Hall–Kier alpha value is -0.870. The Kier molecular flexibility index (Phi) is 5.82. The minimum absolute atomic E-state index is 0.0203. The summed E-state index contributed by atoms with van der Waals surface area (Å²) in [6.45, 7) is 5.00. The first-order valence-electron chi connectivity index (χ1n) is 7.07. The van der Waals surface area contributed by atoms with Gasteiger partial charge in [0.25, 0.3) is 5.91 Å². The van der Waals surface area contributed by atoms with Gasteiger partial charge in [0.1, 0.15) is 0 Å². The van der Waals surface area contributed by atoms with E-state index in [0.717, 1.165) is 21.7 Å². The summed E-state index contributed by atoms with van der Waals surface area (Å²) in [5.41, 5.74) is 0.703. The molecule has 1 amide bonds. The van der Waals surface area contributed by atoms with Crippen molar-refractivity contribution >= 4 is 48.5 Å². The highest BCUT2D eigenvalue weighted by Gasteiger charge is 2.11. The molecule has 0 aliphatic rings. The Bertz CT molecular complexity index is 640. The molecule has 2 nitrogen and oxygen atoms in total. The van der Waals surface area contributed by atoms with E-state index in [-0.39, 0.29) is 5.91 Å². The number of amides is 1. The molecule has 2 aromatic rings. The van der Waals surface area contributed by atoms with Crippen LogP contribution in [0.25, 0.3) is 10.8 Å². The lowest BCUT2D eigenvalue weighted by molar-refractivity contribution is 0.0953. The van der Waals surface area contributed by atoms with Crippen LogP contribution in [-0.2, 0) is 0 Å². The number of alkyl halides is 1. The monoisotopic (exact) mass is 411 g/mol. The molecule has 0 aliphatic carbocycles. The van der Waals surface area contributed by atoms with Gasteiger partial charge >= 0.3 is 0 Å². The van der Waals surface area contributed by atoms with Gasteiger partial charge < -0.3 is 5.32 Å². The maximum Gasteiger partial charge on any atom is 0.251 e. The smallest absolute Gasteiger partial charge is 0.251 e. The largest absolute Gasteiger partial charge is 0.351 e. The van der Waals surface area contributed by atoms with Crippen LogP contribution in [0.4, 0.5) is 0 Å². The van der Waals surface area contributed by atoms with Crippen molar-refractivity contribution in [3.05, 3.63) is 46.4 Å². The highest BCUT2D eigenvalue weighted by molar-refractivity contribution is 9.10. The zero-order chi connectivity index (χ0) is 15.4. The molecule has 21 heavy (non-hydrogen) atoms. The van der Waals surface area contributed by atoms with E-state index in [1.54, 1.807) is 0 Å². The van der Waals surface area contributed by atoms with Gasteiger partial charge in [-0.2, -0.15) is 0 Å². The number of hydrogen-bond acceptors (Lipinski definition) is 1. The summed E-state index contributed by atoms with van der Waals surface area (Å²) in [5.74, 6) is 0.596. The van der Waals surface area contributed by atoms with Gasteiger partial charge in [-0.05, 0) is 47.4 Å². The molecule has 0 bridgehead atoms. The van der Waals surface area contributed by atoms with Gasteiger partial charge in [-0.25, -0.2) is 0 Å². The van der Waals surface area contributed by atoms with Crippen LogP contribution in [0.2, 0.25) is 0 Å². The molecule has 0 radical (unpaired) electrons. The van der Waals surface area contributed by atoms with Crippen LogP contribution < -0.4 is 5.32 Å². The minimum atomic E-state index is -0.0203. The molecule has 0 spiro atoms. The molecular weight excluding hydrogens is 394 g/mol. The fourth-order valence-corrected chi connectivity index (χ4v) is 3.55. The second kappa shape index (κ2) is 7.41. The van der Waals surface area contributed by atoms with Gasteiger partial charge in [0.2, 0.25) is 0 Å². The quantitative estimate of drug-likeness (QED) is 0.676. The second-order valence-corrected chi connectivity index (χ2v) is 7.85. The van der Waals surface area contributed by atoms with Crippen molar-refractivity contribution in [2.75, 3.05) is 6.54 Å². The molecule has 1 N–H and O–H groups in total. The molecule has 0 heterocycles. The highest BCUT2D eigenvalue weighted by Crippen LogP contribution is 2.21. The number of rotatable bonds is 5. The van der Waals surface area contributed by atoms with Crippen molar-refractivity contribution < 1.29 is 4.79 Å². The Labute approximate surface area is 142 Å². The van der Waals surface area contributed by atoms with Crippen molar-refractivity contribution in [3.63, 3.8) is 0 Å². The van der Waals surface area contributed by atoms with Crippen molar-refractivity contribution in [1.29, 1.82) is 0 Å². The maximum absolute atomic E-state index is 12.2. The fraction of sp³-hybridized carbons (Fsp3) is 0.353. The van der Waals surface area contributed by atoms with E-state index < -0.39 is 0 Å². The first kappa shape index (κ1) is 16.5. The van der Waals surface area contributed by atoms with Crippen molar-refractivity contribution in [2.45, 2.75) is 25.1 Å². The molecule has 4 heteroatoms. The molecular formula is C17H19Br2NO. The Morgan fingerprint density at radius 3 is 2.52 bits per heavy atom. The molecule has 0 fully saturated rings. The third kappa shape index (κ3) is 4.82. The van der Waals surface area contributed by atoms with E-state index in [9.17, 15) is 4.79 Å². The van der Waals surface area contributed by atoms with Gasteiger partial charge in [0.05, 0.1) is 0 Å². The van der Waals surface area contributed by atoms with Crippen LogP contribution in [0, 0.1) is 5.92 Å². The van der Waals surface area contributed by atoms with Gasteiger partial charge in [0.15, 0.2) is 0 Å². The van der Waals surface area contributed by atoms with Crippen molar-refractivity contribution in [3.8, 4) is 0 Å². The number of carbonyl (C=O) groups excluding carboxylic acids is 1. The highest BCUT2D eigenvalue weighted by atomic mass is 79.9. The number of benzene rings is 2. The predicted octanol–water partition coefficient (Wildman–Crippen LogP) is 5.14. The summed E-state index contributed by atoms with van der Waals surface area (Å²) in [7, 11) is 0. The lowest BCUT2D eigenvalue weighted by Gasteiger charge is -2.13. The second-order valence-electron chi connectivity index (χ2n) is 5.64. The van der Waals surface area contributed by atoms with Gasteiger partial charge in [-0.1, -0.05) is 57.8 Å². The summed E-state index contributed by atoms with van der Waals surface area (Å²) in [4.78, 5) is 12.5. The summed E-state index contributed by atoms with van der Waals surface area (Å²) >= 11 is 7.06. The molecule has 1 atom stereocenters. The standard InChI is InChI=1S/C17H19Br2NO/c1-11(2)7-16(19)10-20-17(21)14-4-3-13-9-15(18)6-5-12(13)8-14/h3-6,8-9,11,16H,7,10H2,1-2H3,(H,20,21). The maximum atomic E-state index is 12.2. The van der Waals surface area contributed by atoms with Crippen LogP contribution >= 0.6 is 31.9 Å². The van der Waals surface area contributed by atoms with Crippen molar-refractivity contribution in [1.82, 2.24) is 5.32 Å². The van der Waals surface area contributed by atoms with Crippen LogP contribution in [0.1, 0.15) is 30.6 Å². The van der Waals surface area contributed by atoms with E-state index in [2.05, 4.69) is 51.0 Å². The fourth-order valence-electron chi connectivity index (χ4n) is 2.26. The minimum Gasteiger partial charge on any atom is -0.351 e. The summed E-state index contributed by atoms with van der Waals surface area (Å²) < 4.78 is 1.04. The lowest BCUT2D eigenvalue weighted by atomic mass is 10.1. The van der Waals surface area contributed by atoms with Crippen LogP contribution in [0.15, 0.2) is 40.9 Å². The van der Waals surface area contributed by atoms with Gasteiger partial charge in [0, 0.05) is 21.4 Å². The third-order valence-corrected chi connectivity index (χ3v) is 4.47. The SMILES string of the molecule is CC(C)CC(Br)CNC(=O)c1ccc2cc(Br)ccc2c1. The van der Waals surface area contributed by atoms with E-state index in [1.165, 1.54) is 0 Å². The first-order valence-corrected chi connectivity index (χ1v) is 8.78. The van der Waals surface area contributed by atoms with E-state index in [1.807, 2.05) is 36.4 Å². The van der Waals surface area contributed by atoms with Crippen molar-refractivity contribution in [2.24, 2.45) is 5.92 Å². The summed E-state index contributed by atoms with van der Waals surface area (Å²) in [6, 6.07) is 11.8. The third-order valence-electron chi connectivity index (χ3n) is 3.28. The topological polar surface area (TPSA) is 29.1 Å². The molecule has 0 saturated heterocycles. The predicted molar refractivity (Wildman–Crippen MR) is 96.2 cm³/mol. The Balaban J connectivity index is 2.04. The Morgan fingerprint density at radius 2 is 1.81 bits per heavy atom. The zero-order valence-electron chi connectivity index (χ0n) is 12.2. The number of fused-ring (bicyclic) bond motifs is 1. The number of nitrogens with one attached hydrogen (secondary N) is 1. The molecule has 0 aromatic heterocycles. The van der Waals surface area contributed by atoms with Crippen LogP contribution in [0.3, 0.4) is 0 Å². The number of carbonyl (C=O) groups is 1. The normalized spacial score (nSPS) is 12.6. The first-order chi connectivity index (χ1) is 9.95. The van der Waals surface area contributed by atoms with Crippen LogP contribution in [-0.4, -0.2) is 17.3 Å². The van der Waals surface area contributed by atoms with Gasteiger partial charge in [-0.3, -0.25) is 4.79 Å². The molecule has 2 aromatic carbocycles. The van der Waals surface area contributed by atoms with Crippen LogP contribution in [0.5, 0.6) is 0 Å². The lowest BCUT2D eigenvalue weighted by Crippen LogP contribution is -2.30. The molecule has 112 valence electrons. The zero-order valence-corrected chi connectivity index (χ0v) is 15.4. The van der Waals surface area contributed by atoms with E-state index >= 15 is 0 Å². The molecule has 0 aliphatic heterocycles. The molecule has 2 rings (SSSR count). The van der Waals surface area contributed by atoms with Gasteiger partial charge in [-0.15, -0.1) is 0 Å². The average molecular weight is 413 g/mol. The summed E-state index contributed by atoms with van der Waals surface area (Å²) in [5, 5.41) is 5.18. The number of halogens is 2. The number of hydrogen-bond donors (Lipinski definition) is 1. The Morgan fingerprint density at radius 1 is 1.14 bits per heavy atom. The molecule has 1 unspecified atom stereocenters. The van der Waals surface area contributed by atoms with E-state index in [0.29, 0.717) is 22.9 Å². The summed E-state index contributed by atoms with van der Waals surface area (Å²) in [6.07, 6.45) is 1.05.